The molecule has 0 fully saturated rings. The molecule has 0 radical (unpaired) electrons. The number of carbonyl (C=O) groups is 1. The number of amides is 2. The first kappa shape index (κ1) is 21.4. The smallest absolute Gasteiger partial charge is 0.418 e. The number of hydrogen-bond donors (Lipinski definition) is 2. The van der Waals surface area contributed by atoms with E-state index in [4.69, 9.17) is 9.47 Å². The van der Waals surface area contributed by atoms with Gasteiger partial charge in [-0.2, -0.15) is 23.1 Å². The molecule has 11 heteroatoms. The number of nitrogens with zero attached hydrogens (tertiary/aromatic N) is 2. The maximum absolute atomic E-state index is 13.0. The van der Waals surface area contributed by atoms with Crippen molar-refractivity contribution in [3.05, 3.63) is 58.0 Å². The minimum absolute atomic E-state index is 0.324. The number of aromatic nitrogens is 2. The number of ether oxygens (including phenoxy) is 2. The van der Waals surface area contributed by atoms with Crippen molar-refractivity contribution in [2.45, 2.75) is 12.6 Å². The Labute approximate surface area is 173 Å². The third-order valence-corrected chi connectivity index (χ3v) is 4.81. The molecule has 3 aromatic rings. The van der Waals surface area contributed by atoms with Crippen LogP contribution in [0.4, 0.5) is 29.3 Å². The van der Waals surface area contributed by atoms with Crippen molar-refractivity contribution in [1.29, 1.82) is 0 Å². The molecule has 2 aromatic heterocycles. The van der Waals surface area contributed by atoms with Crippen LogP contribution >= 0.6 is 11.3 Å². The molecule has 158 valence electrons. The van der Waals surface area contributed by atoms with Crippen LogP contribution < -0.4 is 20.1 Å². The molecule has 0 aliphatic rings. The molecule has 7 nitrogen and oxygen atoms in total. The Bertz CT molecular complexity index is 1020. The molecular formula is C19H17F3N4O3S. The summed E-state index contributed by atoms with van der Waals surface area (Å²) in [6.07, 6.45) is -4.21. The summed E-state index contributed by atoms with van der Waals surface area (Å²) < 4.78 is 49.4. The summed E-state index contributed by atoms with van der Waals surface area (Å²) >= 11 is 1.34. The van der Waals surface area contributed by atoms with Crippen LogP contribution in [0.2, 0.25) is 0 Å². The Balaban J connectivity index is 1.67. The van der Waals surface area contributed by atoms with Crippen molar-refractivity contribution >= 4 is 28.7 Å². The van der Waals surface area contributed by atoms with Crippen LogP contribution in [0.25, 0.3) is 0 Å². The summed E-state index contributed by atoms with van der Waals surface area (Å²) in [4.78, 5) is 21.5. The van der Waals surface area contributed by atoms with E-state index in [1.807, 2.05) is 0 Å². The monoisotopic (exact) mass is 438 g/mol. The topological polar surface area (TPSA) is 85.4 Å². The molecule has 0 spiro atoms. The lowest BCUT2D eigenvalue weighted by molar-refractivity contribution is -0.136. The number of urea groups is 1. The molecule has 30 heavy (non-hydrogen) atoms. The largest absolute Gasteiger partial charge is 0.481 e. The van der Waals surface area contributed by atoms with E-state index in [2.05, 4.69) is 20.6 Å². The van der Waals surface area contributed by atoms with Crippen LogP contribution in [-0.2, 0) is 12.6 Å². The quantitative estimate of drug-likeness (QED) is 0.577. The van der Waals surface area contributed by atoms with Gasteiger partial charge in [0.25, 0.3) is 0 Å². The standard InChI is InChI=1S/C19H17F3N4O3S/c1-28-16-9-17(29-2)26-15(25-16)8-12-7-11(10-30-12)23-18(27)24-14-6-4-3-5-13(14)19(20,21)22/h3-7,9-10H,8H2,1-2H3,(H2,23,24,27). The minimum Gasteiger partial charge on any atom is -0.481 e. The Morgan fingerprint density at radius 2 is 1.73 bits per heavy atom. The van der Waals surface area contributed by atoms with E-state index in [-0.39, 0.29) is 5.69 Å². The maximum Gasteiger partial charge on any atom is 0.418 e. The zero-order valence-electron chi connectivity index (χ0n) is 15.9. The fraction of sp³-hybridized carbons (Fsp3) is 0.211. The fourth-order valence-corrected chi connectivity index (χ4v) is 3.37. The van der Waals surface area contributed by atoms with E-state index in [1.54, 1.807) is 17.5 Å². The van der Waals surface area contributed by atoms with Gasteiger partial charge in [-0.3, -0.25) is 0 Å². The van der Waals surface area contributed by atoms with E-state index in [0.717, 1.165) is 10.9 Å². The SMILES string of the molecule is COc1cc(OC)nc(Cc2cc(NC(=O)Nc3ccccc3C(F)(F)F)cs2)n1. The molecule has 2 N–H and O–H groups in total. The first-order valence-electron chi connectivity index (χ1n) is 8.56. The van der Waals surface area contributed by atoms with Crippen molar-refractivity contribution in [1.82, 2.24) is 9.97 Å². The Morgan fingerprint density at radius 3 is 2.37 bits per heavy atom. The lowest BCUT2D eigenvalue weighted by Gasteiger charge is -2.13. The molecule has 0 atom stereocenters. The summed E-state index contributed by atoms with van der Waals surface area (Å²) in [5.74, 6) is 1.17. The molecule has 2 heterocycles. The third-order valence-electron chi connectivity index (χ3n) is 3.87. The number of benzene rings is 1. The number of nitrogens with one attached hydrogen (secondary N) is 2. The van der Waals surface area contributed by atoms with Crippen LogP contribution in [0.5, 0.6) is 11.8 Å². The van der Waals surface area contributed by atoms with Crippen LogP contribution in [0.15, 0.2) is 41.8 Å². The van der Waals surface area contributed by atoms with E-state index in [9.17, 15) is 18.0 Å². The summed E-state index contributed by atoms with van der Waals surface area (Å²) in [5.41, 5.74) is -0.808. The van der Waals surface area contributed by atoms with Crippen LogP contribution in [0.3, 0.4) is 0 Å². The highest BCUT2D eigenvalue weighted by atomic mass is 32.1. The lowest BCUT2D eigenvalue weighted by Crippen LogP contribution is -2.21. The summed E-state index contributed by atoms with van der Waals surface area (Å²) in [6, 6.07) is 7.22. The average Bonchev–Trinajstić information content (AvgIpc) is 3.13. The molecule has 0 bridgehead atoms. The third kappa shape index (κ3) is 5.38. The van der Waals surface area contributed by atoms with Crippen molar-refractivity contribution in [2.75, 3.05) is 24.9 Å². The van der Waals surface area contributed by atoms with Gasteiger partial charge in [-0.15, -0.1) is 11.3 Å². The van der Waals surface area contributed by atoms with Crippen LogP contribution in [0, 0.1) is 0 Å². The van der Waals surface area contributed by atoms with Gasteiger partial charge < -0.3 is 20.1 Å². The lowest BCUT2D eigenvalue weighted by atomic mass is 10.1. The molecule has 0 saturated heterocycles. The number of halogens is 3. The van der Waals surface area contributed by atoms with Gasteiger partial charge in [0, 0.05) is 16.7 Å². The van der Waals surface area contributed by atoms with Gasteiger partial charge in [-0.05, 0) is 18.2 Å². The van der Waals surface area contributed by atoms with Gasteiger partial charge in [0.2, 0.25) is 11.8 Å². The highest BCUT2D eigenvalue weighted by Crippen LogP contribution is 2.34. The summed E-state index contributed by atoms with van der Waals surface area (Å²) in [6.45, 7) is 0. The number of rotatable bonds is 6. The van der Waals surface area contributed by atoms with Crippen molar-refractivity contribution in [3.63, 3.8) is 0 Å². The second-order valence-corrected chi connectivity index (χ2v) is 6.97. The van der Waals surface area contributed by atoms with Crippen molar-refractivity contribution < 1.29 is 27.4 Å². The number of carbonyl (C=O) groups excluding carboxylic acids is 1. The van der Waals surface area contributed by atoms with Crippen molar-refractivity contribution in [2.24, 2.45) is 0 Å². The predicted molar refractivity (Wildman–Crippen MR) is 106 cm³/mol. The molecule has 2 amide bonds. The number of thiophene rings is 1. The predicted octanol–water partition coefficient (Wildman–Crippen LogP) is 4.81. The Kier molecular flexibility index (Phi) is 6.40. The van der Waals surface area contributed by atoms with Gasteiger partial charge in [0.1, 0.15) is 5.82 Å². The van der Waals surface area contributed by atoms with Crippen LogP contribution in [0.1, 0.15) is 16.3 Å². The normalized spacial score (nSPS) is 11.1. The van der Waals surface area contributed by atoms with Crippen molar-refractivity contribution in [3.8, 4) is 11.8 Å². The van der Waals surface area contributed by atoms with Crippen LogP contribution in [-0.4, -0.2) is 30.2 Å². The molecule has 0 aliphatic heterocycles. The molecule has 3 rings (SSSR count). The summed E-state index contributed by atoms with van der Waals surface area (Å²) in [5, 5.41) is 6.42. The van der Waals surface area contributed by atoms with E-state index in [1.165, 1.54) is 43.8 Å². The molecular weight excluding hydrogens is 421 g/mol. The minimum atomic E-state index is -4.57. The second-order valence-electron chi connectivity index (χ2n) is 5.97. The zero-order valence-corrected chi connectivity index (χ0v) is 16.7. The highest BCUT2D eigenvalue weighted by Gasteiger charge is 2.33. The Hall–Kier alpha value is -3.34. The first-order valence-corrected chi connectivity index (χ1v) is 9.44. The maximum atomic E-state index is 13.0. The summed E-state index contributed by atoms with van der Waals surface area (Å²) in [7, 11) is 2.96. The highest BCUT2D eigenvalue weighted by molar-refractivity contribution is 7.10. The second kappa shape index (κ2) is 8.99. The molecule has 0 unspecified atom stereocenters. The number of anilines is 2. The molecule has 0 saturated carbocycles. The van der Waals surface area contributed by atoms with E-state index < -0.39 is 17.8 Å². The van der Waals surface area contributed by atoms with E-state index in [0.29, 0.717) is 29.7 Å². The molecule has 1 aromatic carbocycles. The van der Waals surface area contributed by atoms with Gasteiger partial charge >= 0.3 is 12.2 Å². The fourth-order valence-electron chi connectivity index (χ4n) is 2.56. The zero-order chi connectivity index (χ0) is 21.7. The number of methoxy groups -OCH3 is 2. The average molecular weight is 438 g/mol. The van der Waals surface area contributed by atoms with E-state index >= 15 is 0 Å². The number of alkyl halides is 3. The number of hydrogen-bond acceptors (Lipinski definition) is 6. The van der Waals surface area contributed by atoms with Gasteiger partial charge in [-0.25, -0.2) is 4.79 Å². The first-order chi connectivity index (χ1) is 14.3. The molecule has 0 aliphatic carbocycles. The van der Waals surface area contributed by atoms with Gasteiger partial charge in [-0.1, -0.05) is 12.1 Å². The van der Waals surface area contributed by atoms with Gasteiger partial charge in [0.15, 0.2) is 0 Å². The number of para-hydroxylation sites is 1. The van der Waals surface area contributed by atoms with Gasteiger partial charge in [0.05, 0.1) is 37.2 Å². The Morgan fingerprint density at radius 1 is 1.07 bits per heavy atom.